The van der Waals surface area contributed by atoms with E-state index in [1.54, 1.807) is 6.07 Å². The number of hydrogen-bond acceptors (Lipinski definition) is 4. The number of rotatable bonds is 4. The first-order valence-corrected chi connectivity index (χ1v) is 11.1. The van der Waals surface area contributed by atoms with Crippen molar-refractivity contribution in [1.82, 2.24) is 0 Å². The molecule has 3 aliphatic rings. The van der Waals surface area contributed by atoms with Gasteiger partial charge >= 0.3 is 0 Å². The third kappa shape index (κ3) is 3.06. The van der Waals surface area contributed by atoms with Gasteiger partial charge in [-0.1, -0.05) is 24.6 Å². The molecule has 1 saturated carbocycles. The number of Topliss-reactive ketones (excluding diaryl/α,β-unsaturated/α-hetero) is 2. The topological polar surface area (TPSA) is 52.6 Å². The molecular weight excluding hydrogens is 456 g/mol. The highest BCUT2D eigenvalue weighted by Crippen LogP contribution is 2.52. The summed E-state index contributed by atoms with van der Waals surface area (Å²) >= 11 is 9.53. The van der Waals surface area contributed by atoms with Gasteiger partial charge in [0.1, 0.15) is 17.4 Å². The van der Waals surface area contributed by atoms with Crippen molar-refractivity contribution in [2.45, 2.75) is 44.3 Å². The minimum Gasteiger partial charge on any atom is -0.457 e. The van der Waals surface area contributed by atoms with E-state index in [1.165, 1.54) is 0 Å². The summed E-state index contributed by atoms with van der Waals surface area (Å²) in [7, 11) is 0. The molecule has 3 fully saturated rings. The second-order valence-corrected chi connectivity index (χ2v) is 9.23. The highest BCUT2D eigenvalue weighted by Gasteiger charge is 2.63. The fourth-order valence-corrected chi connectivity index (χ4v) is 5.55. The largest absolute Gasteiger partial charge is 0.457 e. The van der Waals surface area contributed by atoms with E-state index in [9.17, 15) is 9.59 Å². The van der Waals surface area contributed by atoms with Gasteiger partial charge in [-0.3, -0.25) is 9.59 Å². The highest BCUT2D eigenvalue weighted by molar-refractivity contribution is 9.10. The van der Waals surface area contributed by atoms with Crippen LogP contribution in [0.2, 0.25) is 5.02 Å². The molecule has 29 heavy (non-hydrogen) atoms. The second kappa shape index (κ2) is 7.22. The maximum absolute atomic E-state index is 13.2. The second-order valence-electron chi connectivity index (χ2n) is 7.97. The van der Waals surface area contributed by atoms with E-state index in [2.05, 4.69) is 15.9 Å². The van der Waals surface area contributed by atoms with Crippen LogP contribution >= 0.6 is 27.5 Å². The van der Waals surface area contributed by atoms with Crippen molar-refractivity contribution in [2.24, 2.45) is 11.8 Å². The summed E-state index contributed by atoms with van der Waals surface area (Å²) in [6.07, 6.45) is 2.34. The van der Waals surface area contributed by atoms with E-state index in [0.717, 1.165) is 34.9 Å². The van der Waals surface area contributed by atoms with Gasteiger partial charge in [0.15, 0.2) is 11.6 Å². The summed E-state index contributed by atoms with van der Waals surface area (Å²) in [6, 6.07) is 11.0. The Morgan fingerprint density at radius 1 is 1.03 bits per heavy atom. The molecule has 1 unspecified atom stereocenters. The van der Waals surface area contributed by atoms with Crippen LogP contribution in [0, 0.1) is 11.8 Å². The van der Waals surface area contributed by atoms with E-state index < -0.39 is 5.92 Å². The summed E-state index contributed by atoms with van der Waals surface area (Å²) in [5, 5.41) is 0.553. The molecule has 2 aliphatic heterocycles. The first-order chi connectivity index (χ1) is 14.0. The van der Waals surface area contributed by atoms with Crippen molar-refractivity contribution >= 4 is 39.1 Å². The lowest BCUT2D eigenvalue weighted by molar-refractivity contribution is -0.127. The Labute approximate surface area is 182 Å². The molecule has 2 heterocycles. The zero-order valence-electron chi connectivity index (χ0n) is 15.9. The number of benzene rings is 2. The Balaban J connectivity index is 1.49. The van der Waals surface area contributed by atoms with Crippen LogP contribution < -0.4 is 4.74 Å². The van der Waals surface area contributed by atoms with Crippen LogP contribution in [0.15, 0.2) is 40.9 Å². The van der Waals surface area contributed by atoms with Crippen LogP contribution in [-0.4, -0.2) is 23.8 Å². The Morgan fingerprint density at radius 3 is 2.28 bits per heavy atom. The lowest BCUT2D eigenvalue weighted by Crippen LogP contribution is -2.29. The summed E-state index contributed by atoms with van der Waals surface area (Å²) < 4.78 is 12.6. The van der Waals surface area contributed by atoms with Crippen molar-refractivity contribution in [1.29, 1.82) is 0 Å². The summed E-state index contributed by atoms with van der Waals surface area (Å²) in [5.74, 6) is -0.0228. The van der Waals surface area contributed by atoms with Crippen molar-refractivity contribution < 1.29 is 19.1 Å². The number of carbonyl (C=O) groups excluding carboxylic acids is 2. The molecular formula is C23H20BrClO4. The van der Waals surface area contributed by atoms with E-state index in [0.29, 0.717) is 16.5 Å². The Morgan fingerprint density at radius 2 is 1.66 bits per heavy atom. The summed E-state index contributed by atoms with van der Waals surface area (Å²) in [4.78, 5) is 26.5. The van der Waals surface area contributed by atoms with Crippen LogP contribution in [-0.2, 0) is 20.7 Å². The van der Waals surface area contributed by atoms with Gasteiger partial charge in [0.2, 0.25) is 0 Å². The molecule has 4 nitrogen and oxygen atoms in total. The highest BCUT2D eigenvalue weighted by atomic mass is 79.9. The summed E-state index contributed by atoms with van der Waals surface area (Å²) in [6.45, 7) is 2.03. The molecule has 0 aromatic heterocycles. The lowest BCUT2D eigenvalue weighted by atomic mass is 9.81. The SMILES string of the molecule is CCc1ccc(Oc2ccc(Br)c(Cl)c2)cc1C1C(=O)[C@@H]2[C@H](C1=O)[C@H]1CC[C@@H]2O1. The van der Waals surface area contributed by atoms with Gasteiger partial charge in [0, 0.05) is 10.5 Å². The molecule has 6 heteroatoms. The zero-order valence-corrected chi connectivity index (χ0v) is 18.2. The first-order valence-electron chi connectivity index (χ1n) is 9.96. The van der Waals surface area contributed by atoms with Gasteiger partial charge in [0.05, 0.1) is 29.1 Å². The fourth-order valence-electron chi connectivity index (χ4n) is 5.14. The summed E-state index contributed by atoms with van der Waals surface area (Å²) in [5.41, 5.74) is 1.78. The van der Waals surface area contributed by atoms with Crippen molar-refractivity contribution in [3.8, 4) is 11.5 Å². The molecule has 2 aromatic carbocycles. The molecule has 150 valence electrons. The monoisotopic (exact) mass is 474 g/mol. The van der Waals surface area contributed by atoms with Gasteiger partial charge < -0.3 is 9.47 Å². The number of ether oxygens (including phenoxy) is 2. The van der Waals surface area contributed by atoms with Crippen LogP contribution in [0.3, 0.4) is 0 Å². The third-order valence-corrected chi connectivity index (χ3v) is 7.67. The van der Waals surface area contributed by atoms with E-state index in [4.69, 9.17) is 21.1 Å². The van der Waals surface area contributed by atoms with E-state index in [1.807, 2.05) is 37.3 Å². The molecule has 0 N–H and O–H groups in total. The molecule has 1 aliphatic carbocycles. The number of fused-ring (bicyclic) bond motifs is 5. The normalized spacial score (nSPS) is 30.1. The van der Waals surface area contributed by atoms with E-state index in [-0.39, 0.29) is 35.6 Å². The van der Waals surface area contributed by atoms with Gasteiger partial charge in [0.25, 0.3) is 0 Å². The minimum atomic E-state index is -0.705. The van der Waals surface area contributed by atoms with Gasteiger partial charge in [-0.05, 0) is 70.6 Å². The average Bonchev–Trinajstić information content (AvgIpc) is 3.39. The van der Waals surface area contributed by atoms with Gasteiger partial charge in [-0.2, -0.15) is 0 Å². The quantitative estimate of drug-likeness (QED) is 0.549. The predicted octanol–water partition coefficient (Wildman–Crippen LogP) is 5.49. The number of hydrogen-bond donors (Lipinski definition) is 0. The maximum Gasteiger partial charge on any atom is 0.154 e. The molecule has 2 aromatic rings. The number of aryl methyl sites for hydroxylation is 1. The molecule has 0 amide bonds. The van der Waals surface area contributed by atoms with Crippen LogP contribution in [0.4, 0.5) is 0 Å². The standard InChI is InChI=1S/C23H20BrClO4/c1-2-11-3-4-12(28-13-5-6-15(24)16(25)10-13)9-14(11)19-22(26)20-17-7-8-18(29-17)21(20)23(19)27/h3-6,9-10,17-21H,2,7-8H2,1H3/t17-,18+,19?,20-,21+. The predicted molar refractivity (Wildman–Crippen MR) is 113 cm³/mol. The fraction of sp³-hybridized carbons (Fsp3) is 0.391. The smallest absolute Gasteiger partial charge is 0.154 e. The first kappa shape index (κ1) is 19.3. The molecule has 2 bridgehead atoms. The number of carbonyl (C=O) groups is 2. The van der Waals surface area contributed by atoms with E-state index >= 15 is 0 Å². The molecule has 5 rings (SSSR count). The van der Waals surface area contributed by atoms with Crippen LogP contribution in [0.1, 0.15) is 36.8 Å². The average molecular weight is 476 g/mol. The van der Waals surface area contributed by atoms with Crippen molar-refractivity contribution in [3.05, 3.63) is 57.0 Å². The maximum atomic E-state index is 13.2. The lowest BCUT2D eigenvalue weighted by Gasteiger charge is -2.17. The van der Waals surface area contributed by atoms with Crippen molar-refractivity contribution in [2.75, 3.05) is 0 Å². The van der Waals surface area contributed by atoms with Gasteiger partial charge in [-0.25, -0.2) is 0 Å². The number of halogens is 2. The number of ketones is 2. The molecule has 5 atom stereocenters. The minimum absolute atomic E-state index is 0.0192. The zero-order chi connectivity index (χ0) is 20.3. The Hall–Kier alpha value is -1.69. The van der Waals surface area contributed by atoms with Gasteiger partial charge in [-0.15, -0.1) is 0 Å². The molecule has 0 radical (unpaired) electrons. The molecule has 2 saturated heterocycles. The van der Waals surface area contributed by atoms with Crippen LogP contribution in [0.25, 0.3) is 0 Å². The Kier molecular flexibility index (Phi) is 4.80. The Bertz CT molecular complexity index is 992. The van der Waals surface area contributed by atoms with Crippen molar-refractivity contribution in [3.63, 3.8) is 0 Å². The molecule has 0 spiro atoms. The third-order valence-electron chi connectivity index (χ3n) is 6.44. The van der Waals surface area contributed by atoms with Crippen LogP contribution in [0.5, 0.6) is 11.5 Å².